The molecule has 2 saturated heterocycles. The van der Waals surface area contributed by atoms with E-state index in [4.69, 9.17) is 0 Å². The zero-order valence-corrected chi connectivity index (χ0v) is 16.9. The molecule has 2 aliphatic heterocycles. The number of fused-ring (bicyclic) bond motifs is 2. The van der Waals surface area contributed by atoms with E-state index in [1.165, 1.54) is 0 Å². The van der Waals surface area contributed by atoms with Crippen molar-refractivity contribution in [2.24, 2.45) is 11.8 Å². The number of hydrogen-bond acceptors (Lipinski definition) is 4. The molecule has 0 aromatic carbocycles. The van der Waals surface area contributed by atoms with Crippen LogP contribution in [0.4, 0.5) is 0 Å². The molecule has 26 heavy (non-hydrogen) atoms. The maximum Gasteiger partial charge on any atom is 0.255 e. The predicted molar refractivity (Wildman–Crippen MR) is 107 cm³/mol. The molecule has 0 spiro atoms. The van der Waals surface area contributed by atoms with Crippen LogP contribution >= 0.6 is 24.8 Å². The highest BCUT2D eigenvalue weighted by atomic mass is 35.5. The Morgan fingerprint density at radius 1 is 1.15 bits per heavy atom. The summed E-state index contributed by atoms with van der Waals surface area (Å²) in [5.41, 5.74) is 1.52. The van der Waals surface area contributed by atoms with E-state index < -0.39 is 0 Å². The largest absolute Gasteiger partial charge is 0.339 e. The van der Waals surface area contributed by atoms with Gasteiger partial charge < -0.3 is 10.2 Å². The molecule has 144 valence electrons. The Morgan fingerprint density at radius 3 is 2.42 bits per heavy atom. The van der Waals surface area contributed by atoms with E-state index in [0.29, 0.717) is 5.56 Å². The van der Waals surface area contributed by atoms with Crippen LogP contribution in [0.15, 0.2) is 18.5 Å². The summed E-state index contributed by atoms with van der Waals surface area (Å²) in [6.07, 6.45) is 5.71. The summed E-state index contributed by atoms with van der Waals surface area (Å²) >= 11 is 0. The van der Waals surface area contributed by atoms with Gasteiger partial charge in [0.2, 0.25) is 0 Å². The number of likely N-dealkylation sites (tertiary alicyclic amines) is 1. The normalized spacial score (nSPS) is 22.5. The van der Waals surface area contributed by atoms with Crippen molar-refractivity contribution < 1.29 is 4.79 Å². The lowest BCUT2D eigenvalue weighted by Gasteiger charge is -2.21. The number of amides is 1. The van der Waals surface area contributed by atoms with E-state index in [1.807, 2.05) is 15.6 Å². The van der Waals surface area contributed by atoms with Crippen molar-refractivity contribution in [2.45, 2.75) is 32.7 Å². The number of pyridine rings is 1. The molecule has 4 heterocycles. The van der Waals surface area contributed by atoms with Crippen LogP contribution in [-0.4, -0.2) is 51.8 Å². The maximum atomic E-state index is 12.9. The molecule has 4 rings (SSSR count). The van der Waals surface area contributed by atoms with E-state index >= 15 is 0 Å². The quantitative estimate of drug-likeness (QED) is 0.842. The molecule has 8 heteroatoms. The summed E-state index contributed by atoms with van der Waals surface area (Å²) in [4.78, 5) is 19.4. The van der Waals surface area contributed by atoms with Gasteiger partial charge in [-0.2, -0.15) is 5.10 Å². The topological polar surface area (TPSA) is 63.1 Å². The summed E-state index contributed by atoms with van der Waals surface area (Å²) < 4.78 is 1.89. The van der Waals surface area contributed by atoms with Gasteiger partial charge in [-0.25, -0.2) is 9.67 Å². The highest BCUT2D eigenvalue weighted by Crippen LogP contribution is 2.28. The SMILES string of the molecule is CC(C)n1ncc2cc(C(=O)N3CC[C@@H]4CNC[C@@H]4CC3)cnc21.Cl.Cl. The molecule has 2 aliphatic rings. The molecule has 1 N–H and O–H groups in total. The molecule has 2 atom stereocenters. The number of aromatic nitrogens is 3. The molecule has 0 saturated carbocycles. The fraction of sp³-hybridized carbons (Fsp3) is 0.611. The van der Waals surface area contributed by atoms with Crippen molar-refractivity contribution >= 4 is 41.8 Å². The molecule has 2 aromatic rings. The number of nitrogens with one attached hydrogen (secondary N) is 1. The number of carbonyl (C=O) groups is 1. The Kier molecular flexibility index (Phi) is 6.88. The lowest BCUT2D eigenvalue weighted by Crippen LogP contribution is -2.32. The minimum absolute atomic E-state index is 0. The molecule has 0 radical (unpaired) electrons. The second-order valence-electron chi connectivity index (χ2n) is 7.37. The van der Waals surface area contributed by atoms with Gasteiger partial charge in [-0.05, 0) is 57.7 Å². The molecule has 2 fully saturated rings. The molecule has 0 unspecified atom stereocenters. The van der Waals surface area contributed by atoms with Crippen molar-refractivity contribution in [1.82, 2.24) is 25.0 Å². The van der Waals surface area contributed by atoms with Gasteiger partial charge in [0, 0.05) is 30.7 Å². The van der Waals surface area contributed by atoms with Gasteiger partial charge in [-0.1, -0.05) is 0 Å². The first-order valence-corrected chi connectivity index (χ1v) is 8.96. The Labute approximate surface area is 166 Å². The lowest BCUT2D eigenvalue weighted by molar-refractivity contribution is 0.0758. The van der Waals surface area contributed by atoms with Crippen molar-refractivity contribution in [3.8, 4) is 0 Å². The number of carbonyl (C=O) groups excluding carboxylic acids is 1. The van der Waals surface area contributed by atoms with Gasteiger partial charge >= 0.3 is 0 Å². The molecule has 0 aliphatic carbocycles. The van der Waals surface area contributed by atoms with Crippen LogP contribution in [0.5, 0.6) is 0 Å². The van der Waals surface area contributed by atoms with E-state index in [-0.39, 0.29) is 36.8 Å². The summed E-state index contributed by atoms with van der Waals surface area (Å²) in [6.45, 7) is 8.07. The maximum absolute atomic E-state index is 12.9. The first-order chi connectivity index (χ1) is 11.6. The van der Waals surface area contributed by atoms with Gasteiger partial charge in [-0.3, -0.25) is 4.79 Å². The second kappa shape index (κ2) is 8.55. The number of rotatable bonds is 2. The molecule has 1 amide bonds. The lowest BCUT2D eigenvalue weighted by atomic mass is 9.92. The smallest absolute Gasteiger partial charge is 0.255 e. The molecule has 0 bridgehead atoms. The van der Waals surface area contributed by atoms with E-state index in [2.05, 4.69) is 29.2 Å². The average molecular weight is 400 g/mol. The van der Waals surface area contributed by atoms with Gasteiger partial charge in [0.1, 0.15) is 0 Å². The molecular weight excluding hydrogens is 373 g/mol. The van der Waals surface area contributed by atoms with Gasteiger partial charge in [0.15, 0.2) is 5.65 Å². The van der Waals surface area contributed by atoms with Crippen LogP contribution < -0.4 is 5.32 Å². The molecular formula is C18H27Cl2N5O. The summed E-state index contributed by atoms with van der Waals surface area (Å²) in [5.74, 6) is 1.56. The van der Waals surface area contributed by atoms with E-state index in [1.54, 1.807) is 12.4 Å². The van der Waals surface area contributed by atoms with Gasteiger partial charge in [0.05, 0.1) is 11.8 Å². The fourth-order valence-corrected chi connectivity index (χ4v) is 4.04. The third-order valence-corrected chi connectivity index (χ3v) is 5.48. The third kappa shape index (κ3) is 3.82. The van der Waals surface area contributed by atoms with Gasteiger partial charge in [-0.15, -0.1) is 24.8 Å². The second-order valence-corrected chi connectivity index (χ2v) is 7.37. The van der Waals surface area contributed by atoms with Gasteiger partial charge in [0.25, 0.3) is 5.91 Å². The summed E-state index contributed by atoms with van der Waals surface area (Å²) in [6, 6.07) is 2.19. The zero-order chi connectivity index (χ0) is 16.7. The van der Waals surface area contributed by atoms with Crippen molar-refractivity contribution in [3.63, 3.8) is 0 Å². The van der Waals surface area contributed by atoms with Crippen molar-refractivity contribution in [3.05, 3.63) is 24.0 Å². The highest BCUT2D eigenvalue weighted by Gasteiger charge is 2.31. The Bertz CT molecular complexity index is 749. The van der Waals surface area contributed by atoms with Crippen LogP contribution in [-0.2, 0) is 0 Å². The van der Waals surface area contributed by atoms with Crippen LogP contribution in [0.3, 0.4) is 0 Å². The molecule has 2 aromatic heterocycles. The minimum Gasteiger partial charge on any atom is -0.339 e. The third-order valence-electron chi connectivity index (χ3n) is 5.48. The minimum atomic E-state index is 0. The Hall–Kier alpha value is -1.37. The summed E-state index contributed by atoms with van der Waals surface area (Å²) in [7, 11) is 0. The fourth-order valence-electron chi connectivity index (χ4n) is 4.04. The average Bonchev–Trinajstić information content (AvgIpc) is 3.16. The Balaban J connectivity index is 0.00000121. The molecule has 6 nitrogen and oxygen atoms in total. The van der Waals surface area contributed by atoms with Crippen LogP contribution in [0.2, 0.25) is 0 Å². The first-order valence-electron chi connectivity index (χ1n) is 8.96. The first kappa shape index (κ1) is 20.9. The Morgan fingerprint density at radius 2 is 1.81 bits per heavy atom. The van der Waals surface area contributed by atoms with Crippen molar-refractivity contribution in [2.75, 3.05) is 26.2 Å². The van der Waals surface area contributed by atoms with Crippen molar-refractivity contribution in [1.29, 1.82) is 0 Å². The zero-order valence-electron chi connectivity index (χ0n) is 15.2. The number of nitrogens with zero attached hydrogens (tertiary/aromatic N) is 4. The predicted octanol–water partition coefficient (Wildman–Crippen LogP) is 2.93. The van der Waals surface area contributed by atoms with Crippen LogP contribution in [0, 0.1) is 11.8 Å². The summed E-state index contributed by atoms with van der Waals surface area (Å²) in [5, 5.41) is 8.80. The standard InChI is InChI=1S/C18H25N5O.2ClH/c1-12(2)23-17-15(11-21-23)7-16(10-20-17)18(24)22-5-3-13-8-19-9-14(13)4-6-22;;/h7,10-14,19H,3-6,8-9H2,1-2H3;2*1H/t13-,14+;;. The van der Waals surface area contributed by atoms with E-state index in [9.17, 15) is 4.79 Å². The van der Waals surface area contributed by atoms with Crippen LogP contribution in [0.1, 0.15) is 43.1 Å². The highest BCUT2D eigenvalue weighted by molar-refractivity contribution is 5.96. The monoisotopic (exact) mass is 399 g/mol. The number of halogens is 2. The van der Waals surface area contributed by atoms with E-state index in [0.717, 1.165) is 61.9 Å². The van der Waals surface area contributed by atoms with Crippen LogP contribution in [0.25, 0.3) is 11.0 Å². The number of hydrogen-bond donors (Lipinski definition) is 1.